The Kier molecular flexibility index (Phi) is 6.69. The van der Waals surface area contributed by atoms with Crippen LogP contribution in [0.3, 0.4) is 0 Å². The molecule has 1 amide bonds. The second-order valence-electron chi connectivity index (χ2n) is 7.30. The van der Waals surface area contributed by atoms with Gasteiger partial charge >= 0.3 is 0 Å². The van der Waals surface area contributed by atoms with E-state index in [-0.39, 0.29) is 11.9 Å². The van der Waals surface area contributed by atoms with Gasteiger partial charge in [0.15, 0.2) is 0 Å². The second-order valence-corrected chi connectivity index (χ2v) is 7.73. The topological polar surface area (TPSA) is 48.5 Å². The van der Waals surface area contributed by atoms with Crippen LogP contribution in [0.25, 0.3) is 0 Å². The van der Waals surface area contributed by atoms with Crippen LogP contribution >= 0.6 is 11.6 Å². The number of pyridine rings is 1. The van der Waals surface area contributed by atoms with Crippen LogP contribution in [0.15, 0.2) is 48.7 Å². The summed E-state index contributed by atoms with van der Waals surface area (Å²) in [6.45, 7) is 8.09. The fourth-order valence-electron chi connectivity index (χ4n) is 3.41. The molecule has 1 N–H and O–H groups in total. The summed E-state index contributed by atoms with van der Waals surface area (Å²) in [4.78, 5) is 21.4. The number of nitrogens with one attached hydrogen (secondary N) is 1. The number of benzene rings is 1. The maximum atomic E-state index is 12.6. The maximum absolute atomic E-state index is 12.6. The number of halogens is 1. The van der Waals surface area contributed by atoms with Crippen molar-refractivity contribution in [2.24, 2.45) is 5.92 Å². The van der Waals surface area contributed by atoms with Crippen LogP contribution in [0, 0.1) is 5.92 Å². The first-order valence-electron chi connectivity index (χ1n) is 9.46. The second kappa shape index (κ2) is 9.20. The fourth-order valence-corrected chi connectivity index (χ4v) is 3.52. The van der Waals surface area contributed by atoms with Crippen molar-refractivity contribution in [3.05, 3.63) is 59.2 Å². The van der Waals surface area contributed by atoms with Gasteiger partial charge in [0.05, 0.1) is 17.6 Å². The highest BCUT2D eigenvalue weighted by Gasteiger charge is 2.22. The highest BCUT2D eigenvalue weighted by Crippen LogP contribution is 2.21. The normalized spacial score (nSPS) is 16.4. The number of aromatic nitrogens is 1. The minimum Gasteiger partial charge on any atom is -0.354 e. The molecule has 2 heterocycles. The van der Waals surface area contributed by atoms with Gasteiger partial charge < -0.3 is 10.2 Å². The molecule has 1 atom stereocenters. The Morgan fingerprint density at radius 2 is 1.81 bits per heavy atom. The van der Waals surface area contributed by atoms with E-state index in [9.17, 15) is 4.79 Å². The van der Waals surface area contributed by atoms with Crippen molar-refractivity contribution in [2.75, 3.05) is 37.6 Å². The quantitative estimate of drug-likeness (QED) is 0.826. The molecule has 1 unspecified atom stereocenters. The molecule has 3 rings (SSSR count). The third-order valence-corrected chi connectivity index (χ3v) is 5.14. The Morgan fingerprint density at radius 3 is 2.41 bits per heavy atom. The molecule has 0 aliphatic carbocycles. The van der Waals surface area contributed by atoms with E-state index in [1.165, 1.54) is 0 Å². The first-order chi connectivity index (χ1) is 13.0. The van der Waals surface area contributed by atoms with Crippen LogP contribution in [0.5, 0.6) is 0 Å². The highest BCUT2D eigenvalue weighted by atomic mass is 35.5. The predicted molar refractivity (Wildman–Crippen MR) is 110 cm³/mol. The van der Waals surface area contributed by atoms with Gasteiger partial charge in [0.2, 0.25) is 5.91 Å². The molecule has 1 aromatic heterocycles. The number of hydrogen-bond acceptors (Lipinski definition) is 4. The van der Waals surface area contributed by atoms with Crippen LogP contribution in [-0.4, -0.2) is 48.5 Å². The largest absolute Gasteiger partial charge is 0.354 e. The van der Waals surface area contributed by atoms with Gasteiger partial charge in [-0.25, -0.2) is 4.98 Å². The van der Waals surface area contributed by atoms with Gasteiger partial charge in [-0.1, -0.05) is 55.8 Å². The van der Waals surface area contributed by atoms with Gasteiger partial charge in [-0.2, -0.15) is 0 Å². The van der Waals surface area contributed by atoms with Crippen molar-refractivity contribution in [3.8, 4) is 0 Å². The third kappa shape index (κ3) is 5.44. The Labute approximate surface area is 166 Å². The molecule has 0 spiro atoms. The van der Waals surface area contributed by atoms with Gasteiger partial charge in [-0.3, -0.25) is 9.69 Å². The zero-order valence-electron chi connectivity index (χ0n) is 15.9. The van der Waals surface area contributed by atoms with Crippen molar-refractivity contribution in [1.29, 1.82) is 0 Å². The Bertz CT molecular complexity index is 728. The Hall–Kier alpha value is -2.11. The number of rotatable bonds is 6. The van der Waals surface area contributed by atoms with Crippen molar-refractivity contribution >= 4 is 23.3 Å². The molecule has 1 fully saturated rings. The molecule has 144 valence electrons. The van der Waals surface area contributed by atoms with Gasteiger partial charge in [-0.15, -0.1) is 0 Å². The predicted octanol–water partition coefficient (Wildman–Crippen LogP) is 3.37. The van der Waals surface area contributed by atoms with Gasteiger partial charge in [0.25, 0.3) is 0 Å². The van der Waals surface area contributed by atoms with E-state index >= 15 is 0 Å². The number of anilines is 1. The summed E-state index contributed by atoms with van der Waals surface area (Å²) in [6, 6.07) is 14.0. The molecular weight excluding hydrogens is 360 g/mol. The lowest BCUT2D eigenvalue weighted by molar-refractivity contribution is -0.123. The molecule has 27 heavy (non-hydrogen) atoms. The van der Waals surface area contributed by atoms with Crippen molar-refractivity contribution in [3.63, 3.8) is 0 Å². The van der Waals surface area contributed by atoms with Crippen molar-refractivity contribution in [1.82, 2.24) is 15.2 Å². The summed E-state index contributed by atoms with van der Waals surface area (Å²) in [5.74, 6) is 1.35. The average Bonchev–Trinajstić information content (AvgIpc) is 2.68. The van der Waals surface area contributed by atoms with Crippen molar-refractivity contribution < 1.29 is 4.79 Å². The smallest absolute Gasteiger partial charge is 0.234 e. The average molecular weight is 387 g/mol. The van der Waals surface area contributed by atoms with E-state index in [2.05, 4.69) is 46.1 Å². The molecular formula is C21H27ClN4O. The highest BCUT2D eigenvalue weighted by molar-refractivity contribution is 6.30. The minimum atomic E-state index is 0.0401. The molecule has 0 saturated carbocycles. The molecule has 1 aliphatic heterocycles. The van der Waals surface area contributed by atoms with E-state index in [1.807, 2.05) is 30.3 Å². The van der Waals surface area contributed by atoms with Gasteiger partial charge in [-0.05, 0) is 23.6 Å². The summed E-state index contributed by atoms with van der Waals surface area (Å²) in [6.07, 6.45) is 1.67. The summed E-state index contributed by atoms with van der Waals surface area (Å²) in [7, 11) is 0. The lowest BCUT2D eigenvalue weighted by Gasteiger charge is -2.35. The van der Waals surface area contributed by atoms with E-state index in [4.69, 9.17) is 11.6 Å². The maximum Gasteiger partial charge on any atom is 0.234 e. The summed E-state index contributed by atoms with van der Waals surface area (Å²) in [5, 5.41) is 3.85. The first kappa shape index (κ1) is 19.6. The molecule has 0 radical (unpaired) electrons. The number of piperazine rings is 1. The number of carbonyl (C=O) groups is 1. The first-order valence-corrected chi connectivity index (χ1v) is 9.84. The number of nitrogens with zero attached hydrogens (tertiary/aromatic N) is 3. The minimum absolute atomic E-state index is 0.0401. The number of hydrogen-bond donors (Lipinski definition) is 1. The standard InChI is InChI=1S/C21H27ClN4O/c1-16(2)21(17-6-4-3-5-7-17)24-20(27)15-25-10-12-26(13-11-25)19-9-8-18(22)14-23-19/h3-9,14,16,21H,10-13,15H2,1-2H3,(H,24,27). The van der Waals surface area contributed by atoms with E-state index in [0.29, 0.717) is 17.5 Å². The van der Waals surface area contributed by atoms with E-state index < -0.39 is 0 Å². The summed E-state index contributed by atoms with van der Waals surface area (Å²) >= 11 is 5.91. The van der Waals surface area contributed by atoms with Crippen LogP contribution in [0.2, 0.25) is 5.02 Å². The van der Waals surface area contributed by atoms with E-state index in [1.54, 1.807) is 6.20 Å². The van der Waals surface area contributed by atoms with Crippen LogP contribution in [0.4, 0.5) is 5.82 Å². The van der Waals surface area contributed by atoms with Gasteiger partial charge in [0.1, 0.15) is 5.82 Å². The lowest BCUT2D eigenvalue weighted by Crippen LogP contribution is -2.50. The SMILES string of the molecule is CC(C)C(NC(=O)CN1CCN(c2ccc(Cl)cn2)CC1)c1ccccc1. The van der Waals surface area contributed by atoms with Crippen LogP contribution < -0.4 is 10.2 Å². The molecule has 2 aromatic rings. The molecule has 6 heteroatoms. The molecule has 1 aromatic carbocycles. The Morgan fingerprint density at radius 1 is 1.11 bits per heavy atom. The third-order valence-electron chi connectivity index (χ3n) is 4.92. The van der Waals surface area contributed by atoms with Gasteiger partial charge in [0, 0.05) is 32.4 Å². The summed E-state index contributed by atoms with van der Waals surface area (Å²) < 4.78 is 0. The van der Waals surface area contributed by atoms with E-state index in [0.717, 1.165) is 37.6 Å². The van der Waals surface area contributed by atoms with Crippen LogP contribution in [0.1, 0.15) is 25.5 Å². The number of amides is 1. The fraction of sp³-hybridized carbons (Fsp3) is 0.429. The zero-order chi connectivity index (χ0) is 19.2. The monoisotopic (exact) mass is 386 g/mol. The molecule has 1 aliphatic rings. The molecule has 1 saturated heterocycles. The lowest BCUT2D eigenvalue weighted by atomic mass is 9.96. The number of carbonyl (C=O) groups excluding carboxylic acids is 1. The Balaban J connectivity index is 1.51. The van der Waals surface area contributed by atoms with Crippen molar-refractivity contribution in [2.45, 2.75) is 19.9 Å². The zero-order valence-corrected chi connectivity index (χ0v) is 16.7. The molecule has 5 nitrogen and oxygen atoms in total. The molecule has 0 bridgehead atoms. The van der Waals surface area contributed by atoms with Crippen LogP contribution in [-0.2, 0) is 4.79 Å². The summed E-state index contributed by atoms with van der Waals surface area (Å²) in [5.41, 5.74) is 1.15.